The fourth-order valence-electron chi connectivity index (χ4n) is 2.83. The molecular formula is C16H17ClN4O. The molecule has 6 heteroatoms. The minimum atomic E-state index is 0.197. The number of aromatic nitrogens is 3. The lowest BCUT2D eigenvalue weighted by Crippen LogP contribution is -2.04. The number of ether oxygens (including phenoxy) is 1. The van der Waals surface area contributed by atoms with Crippen LogP contribution in [0.2, 0.25) is 5.15 Å². The number of nitrogens with zero attached hydrogens (tertiary/aromatic N) is 3. The van der Waals surface area contributed by atoms with Gasteiger partial charge in [0.15, 0.2) is 0 Å². The van der Waals surface area contributed by atoms with Gasteiger partial charge in [-0.2, -0.15) is 0 Å². The molecule has 0 bridgehead atoms. The molecule has 3 rings (SSSR count). The average Bonchev–Trinajstić information content (AvgIpc) is 2.86. The van der Waals surface area contributed by atoms with Gasteiger partial charge >= 0.3 is 0 Å². The molecule has 22 heavy (non-hydrogen) atoms. The highest BCUT2D eigenvalue weighted by molar-refractivity contribution is 6.30. The van der Waals surface area contributed by atoms with Crippen LogP contribution in [-0.4, -0.2) is 22.1 Å². The number of hydrogen-bond acceptors (Lipinski definition) is 5. The Morgan fingerprint density at radius 2 is 2.09 bits per heavy atom. The lowest BCUT2D eigenvalue weighted by molar-refractivity contribution is 0.407. The molecule has 0 aliphatic heterocycles. The number of halogens is 1. The zero-order chi connectivity index (χ0) is 15.9. The van der Waals surface area contributed by atoms with E-state index in [0.29, 0.717) is 11.6 Å². The second-order valence-electron chi connectivity index (χ2n) is 5.36. The highest BCUT2D eigenvalue weighted by Gasteiger charge is 2.22. The first-order valence-corrected chi connectivity index (χ1v) is 7.39. The number of rotatable bonds is 3. The summed E-state index contributed by atoms with van der Waals surface area (Å²) >= 11 is 6.14. The van der Waals surface area contributed by atoms with Crippen LogP contribution in [0.3, 0.4) is 0 Å². The SMILES string of the molecule is COc1c(C)cnc(CC2=CCc3c(Cl)nc(N)nc32)c1C. The molecule has 1 aliphatic rings. The van der Waals surface area contributed by atoms with Crippen molar-refractivity contribution in [1.82, 2.24) is 15.0 Å². The normalized spacial score (nSPS) is 13.0. The van der Waals surface area contributed by atoms with Crippen molar-refractivity contribution in [2.75, 3.05) is 12.8 Å². The van der Waals surface area contributed by atoms with Crippen molar-refractivity contribution in [3.63, 3.8) is 0 Å². The van der Waals surface area contributed by atoms with Gasteiger partial charge in [-0.1, -0.05) is 17.7 Å². The topological polar surface area (TPSA) is 73.9 Å². The van der Waals surface area contributed by atoms with Gasteiger partial charge in [-0.15, -0.1) is 0 Å². The quantitative estimate of drug-likeness (QED) is 0.881. The van der Waals surface area contributed by atoms with Crippen LogP contribution in [0.15, 0.2) is 12.3 Å². The standard InChI is InChI=1S/C16H17ClN4O/c1-8-7-19-12(9(2)14(8)22-3)6-10-4-5-11-13(10)20-16(18)21-15(11)17/h4,7H,5-6H2,1-3H3,(H2,18,20,21). The predicted molar refractivity (Wildman–Crippen MR) is 87.1 cm³/mol. The Kier molecular flexibility index (Phi) is 3.74. The third-order valence-electron chi connectivity index (χ3n) is 3.94. The Bertz CT molecular complexity index is 786. The number of pyridine rings is 1. The van der Waals surface area contributed by atoms with Crippen molar-refractivity contribution < 1.29 is 4.74 Å². The number of nitrogens with two attached hydrogens (primary N) is 1. The van der Waals surface area contributed by atoms with Crippen LogP contribution in [-0.2, 0) is 12.8 Å². The molecule has 0 spiro atoms. The molecular weight excluding hydrogens is 300 g/mol. The third-order valence-corrected chi connectivity index (χ3v) is 4.25. The molecule has 0 saturated heterocycles. The summed E-state index contributed by atoms with van der Waals surface area (Å²) in [5, 5.41) is 0.430. The molecule has 5 nitrogen and oxygen atoms in total. The molecule has 114 valence electrons. The van der Waals surface area contributed by atoms with E-state index >= 15 is 0 Å². The minimum absolute atomic E-state index is 0.197. The van der Waals surface area contributed by atoms with Gasteiger partial charge in [-0.3, -0.25) is 4.98 Å². The fourth-order valence-corrected chi connectivity index (χ4v) is 3.08. The number of aryl methyl sites for hydroxylation is 1. The molecule has 2 heterocycles. The van der Waals surface area contributed by atoms with E-state index in [1.165, 1.54) is 0 Å². The summed E-state index contributed by atoms with van der Waals surface area (Å²) < 4.78 is 5.46. The van der Waals surface area contributed by atoms with E-state index in [9.17, 15) is 0 Å². The van der Waals surface area contributed by atoms with E-state index < -0.39 is 0 Å². The Hall–Kier alpha value is -2.14. The molecule has 0 saturated carbocycles. The Balaban J connectivity index is 1.98. The van der Waals surface area contributed by atoms with Gasteiger partial charge in [-0.05, 0) is 25.8 Å². The first kappa shape index (κ1) is 14.8. The van der Waals surface area contributed by atoms with Crippen molar-refractivity contribution in [2.45, 2.75) is 26.7 Å². The van der Waals surface area contributed by atoms with Gasteiger partial charge in [0.1, 0.15) is 10.9 Å². The lowest BCUT2D eigenvalue weighted by Gasteiger charge is -2.13. The van der Waals surface area contributed by atoms with Crippen molar-refractivity contribution in [3.05, 3.63) is 45.5 Å². The molecule has 0 unspecified atom stereocenters. The summed E-state index contributed by atoms with van der Waals surface area (Å²) in [5.74, 6) is 1.08. The summed E-state index contributed by atoms with van der Waals surface area (Å²) in [6.07, 6.45) is 5.34. The maximum atomic E-state index is 6.14. The Morgan fingerprint density at radius 3 is 2.82 bits per heavy atom. The summed E-state index contributed by atoms with van der Waals surface area (Å²) in [5.41, 5.74) is 11.6. The van der Waals surface area contributed by atoms with Crippen LogP contribution in [0.5, 0.6) is 5.75 Å². The van der Waals surface area contributed by atoms with E-state index in [-0.39, 0.29) is 5.95 Å². The number of fused-ring (bicyclic) bond motifs is 1. The summed E-state index contributed by atoms with van der Waals surface area (Å²) in [6.45, 7) is 4.01. The van der Waals surface area contributed by atoms with Crippen LogP contribution in [0.4, 0.5) is 5.95 Å². The molecule has 0 amide bonds. The van der Waals surface area contributed by atoms with Crippen molar-refractivity contribution in [3.8, 4) is 5.75 Å². The maximum Gasteiger partial charge on any atom is 0.222 e. The maximum absolute atomic E-state index is 6.14. The van der Waals surface area contributed by atoms with Crippen LogP contribution < -0.4 is 10.5 Å². The molecule has 2 N–H and O–H groups in total. The summed E-state index contributed by atoms with van der Waals surface area (Å²) in [7, 11) is 1.68. The van der Waals surface area contributed by atoms with Crippen LogP contribution in [0.1, 0.15) is 28.1 Å². The molecule has 0 radical (unpaired) electrons. The Morgan fingerprint density at radius 1 is 1.32 bits per heavy atom. The highest BCUT2D eigenvalue weighted by atomic mass is 35.5. The van der Waals surface area contributed by atoms with Gasteiger partial charge in [-0.25, -0.2) is 9.97 Å². The average molecular weight is 317 g/mol. The van der Waals surface area contributed by atoms with E-state index in [4.69, 9.17) is 22.1 Å². The molecule has 0 aromatic carbocycles. The number of allylic oxidation sites excluding steroid dienone is 2. The second-order valence-corrected chi connectivity index (χ2v) is 5.71. The fraction of sp³-hybridized carbons (Fsp3) is 0.312. The monoisotopic (exact) mass is 316 g/mol. The van der Waals surface area contributed by atoms with Gasteiger partial charge in [0.25, 0.3) is 0 Å². The van der Waals surface area contributed by atoms with E-state index in [0.717, 1.165) is 45.8 Å². The molecule has 2 aromatic rings. The molecule has 2 aromatic heterocycles. The largest absolute Gasteiger partial charge is 0.496 e. The smallest absolute Gasteiger partial charge is 0.222 e. The molecule has 1 aliphatic carbocycles. The van der Waals surface area contributed by atoms with Gasteiger partial charge in [0, 0.05) is 29.3 Å². The zero-order valence-electron chi connectivity index (χ0n) is 12.8. The van der Waals surface area contributed by atoms with Crippen LogP contribution in [0.25, 0.3) is 5.57 Å². The van der Waals surface area contributed by atoms with Crippen molar-refractivity contribution in [2.24, 2.45) is 0 Å². The second kappa shape index (κ2) is 5.57. The van der Waals surface area contributed by atoms with E-state index in [2.05, 4.69) is 21.0 Å². The van der Waals surface area contributed by atoms with Crippen LogP contribution >= 0.6 is 11.6 Å². The van der Waals surface area contributed by atoms with Gasteiger partial charge in [0.05, 0.1) is 18.5 Å². The number of hydrogen-bond donors (Lipinski definition) is 1. The van der Waals surface area contributed by atoms with Gasteiger partial charge in [0.2, 0.25) is 5.95 Å². The van der Waals surface area contributed by atoms with Crippen molar-refractivity contribution in [1.29, 1.82) is 0 Å². The first-order chi connectivity index (χ1) is 10.5. The van der Waals surface area contributed by atoms with E-state index in [1.807, 2.05) is 20.0 Å². The summed E-state index contributed by atoms with van der Waals surface area (Å²) in [6, 6.07) is 0. The highest BCUT2D eigenvalue weighted by Crippen LogP contribution is 2.34. The third kappa shape index (κ3) is 2.41. The Labute approximate surface area is 134 Å². The molecule has 0 atom stereocenters. The first-order valence-electron chi connectivity index (χ1n) is 7.01. The number of nitrogen functional groups attached to an aromatic ring is 1. The summed E-state index contributed by atoms with van der Waals surface area (Å²) in [4.78, 5) is 12.9. The number of anilines is 1. The number of methoxy groups -OCH3 is 1. The zero-order valence-corrected chi connectivity index (χ0v) is 13.5. The lowest BCUT2D eigenvalue weighted by atomic mass is 10.0. The predicted octanol–water partition coefficient (Wildman–Crippen LogP) is 2.91. The minimum Gasteiger partial charge on any atom is -0.496 e. The van der Waals surface area contributed by atoms with Gasteiger partial charge < -0.3 is 10.5 Å². The van der Waals surface area contributed by atoms with Crippen molar-refractivity contribution >= 4 is 23.1 Å². The van der Waals surface area contributed by atoms with Crippen LogP contribution in [0, 0.1) is 13.8 Å². The molecule has 0 fully saturated rings. The van der Waals surface area contributed by atoms with E-state index in [1.54, 1.807) is 7.11 Å².